The molecule has 2 aromatic carbocycles. The minimum Gasteiger partial charge on any atom is -0.348 e. The fourth-order valence-electron chi connectivity index (χ4n) is 3.13. The second-order valence-corrected chi connectivity index (χ2v) is 6.92. The maximum Gasteiger partial charge on any atom is 0.299 e. The molecule has 0 spiro atoms. The molecule has 0 fully saturated rings. The quantitative estimate of drug-likeness (QED) is 0.507. The summed E-state index contributed by atoms with van der Waals surface area (Å²) in [5.74, 6) is -2.16. The molecule has 0 atom stereocenters. The molecule has 0 saturated carbocycles. The van der Waals surface area contributed by atoms with Crippen molar-refractivity contribution >= 4 is 22.7 Å². The molecule has 9 heteroatoms. The van der Waals surface area contributed by atoms with Gasteiger partial charge in [0.05, 0.1) is 12.0 Å². The van der Waals surface area contributed by atoms with Crippen LogP contribution >= 0.6 is 0 Å². The molecule has 4 rings (SSSR count). The van der Waals surface area contributed by atoms with E-state index in [1.165, 1.54) is 16.5 Å². The average Bonchev–Trinajstić information content (AvgIpc) is 3.20. The summed E-state index contributed by atoms with van der Waals surface area (Å²) < 4.78 is 33.1. The molecule has 0 bridgehead atoms. The first-order valence-electron chi connectivity index (χ1n) is 9.65. The second kappa shape index (κ2) is 8.47. The number of benzene rings is 2. The van der Waals surface area contributed by atoms with Crippen LogP contribution in [-0.2, 0) is 17.8 Å². The zero-order valence-electron chi connectivity index (χ0n) is 16.6. The summed E-state index contributed by atoms with van der Waals surface area (Å²) in [7, 11) is 0. The van der Waals surface area contributed by atoms with Gasteiger partial charge in [-0.1, -0.05) is 36.3 Å². The molecule has 1 amide bonds. The Morgan fingerprint density at radius 3 is 2.65 bits per heavy atom. The van der Waals surface area contributed by atoms with Crippen molar-refractivity contribution < 1.29 is 18.1 Å². The molecule has 2 aromatic heterocycles. The zero-order chi connectivity index (χ0) is 22.0. The Hall–Kier alpha value is -3.88. The van der Waals surface area contributed by atoms with Crippen LogP contribution in [0.2, 0.25) is 0 Å². The smallest absolute Gasteiger partial charge is 0.299 e. The monoisotopic (exact) mass is 424 g/mol. The standard InChI is InChI=1S/C22H18F2N4O3/c1-2-13-3-5-14(6-4-13)19-20-21(31-27-19)22(30)28(12-25-20)10-9-18(29)26-17-8-7-15(23)11-16(17)24/h3-8,11-12H,2,9-10H2,1H3,(H,26,29). The molecule has 0 aliphatic carbocycles. The lowest BCUT2D eigenvalue weighted by Crippen LogP contribution is -2.23. The number of hydrogen-bond donors (Lipinski definition) is 1. The molecule has 0 radical (unpaired) electrons. The van der Waals surface area contributed by atoms with Gasteiger partial charge in [0.25, 0.3) is 11.1 Å². The van der Waals surface area contributed by atoms with E-state index < -0.39 is 23.1 Å². The van der Waals surface area contributed by atoms with E-state index in [0.29, 0.717) is 17.3 Å². The number of carbonyl (C=O) groups excluding carboxylic acids is 1. The van der Waals surface area contributed by atoms with Crippen molar-refractivity contribution in [2.75, 3.05) is 5.32 Å². The number of nitrogens with zero attached hydrogens (tertiary/aromatic N) is 3. The van der Waals surface area contributed by atoms with Crippen molar-refractivity contribution in [3.05, 3.63) is 76.3 Å². The Labute approximate surface area is 175 Å². The highest BCUT2D eigenvalue weighted by Crippen LogP contribution is 2.25. The lowest BCUT2D eigenvalue weighted by Gasteiger charge is -2.07. The van der Waals surface area contributed by atoms with E-state index in [-0.39, 0.29) is 24.2 Å². The van der Waals surface area contributed by atoms with E-state index in [9.17, 15) is 18.4 Å². The van der Waals surface area contributed by atoms with E-state index in [2.05, 4.69) is 22.4 Å². The Balaban J connectivity index is 1.50. The van der Waals surface area contributed by atoms with Gasteiger partial charge in [-0.05, 0) is 24.1 Å². The summed E-state index contributed by atoms with van der Waals surface area (Å²) in [6, 6.07) is 10.6. The van der Waals surface area contributed by atoms with Gasteiger partial charge in [0.2, 0.25) is 5.91 Å². The average molecular weight is 424 g/mol. The molecule has 2 heterocycles. The number of amides is 1. The van der Waals surface area contributed by atoms with Gasteiger partial charge in [-0.3, -0.25) is 14.2 Å². The maximum absolute atomic E-state index is 13.7. The normalized spacial score (nSPS) is 11.1. The van der Waals surface area contributed by atoms with Crippen molar-refractivity contribution in [2.24, 2.45) is 0 Å². The third-order valence-electron chi connectivity index (χ3n) is 4.87. The van der Waals surface area contributed by atoms with E-state index in [1.807, 2.05) is 24.3 Å². The second-order valence-electron chi connectivity index (χ2n) is 6.92. The summed E-state index contributed by atoms with van der Waals surface area (Å²) >= 11 is 0. The predicted octanol–water partition coefficient (Wildman–Crippen LogP) is 3.92. The predicted molar refractivity (Wildman–Crippen MR) is 110 cm³/mol. The minimum absolute atomic E-state index is 0.00233. The first kappa shape index (κ1) is 20.4. The number of hydrogen-bond acceptors (Lipinski definition) is 5. The SMILES string of the molecule is CCc1ccc(-c2noc3c(=O)n(CCC(=O)Nc4ccc(F)cc4F)cnc23)cc1. The molecule has 4 aromatic rings. The molecule has 7 nitrogen and oxygen atoms in total. The van der Waals surface area contributed by atoms with E-state index in [0.717, 1.165) is 24.1 Å². The number of aromatic nitrogens is 3. The molecule has 0 aliphatic rings. The van der Waals surface area contributed by atoms with Crippen molar-refractivity contribution in [3.63, 3.8) is 0 Å². The van der Waals surface area contributed by atoms with Crippen LogP contribution in [0.25, 0.3) is 22.4 Å². The first-order valence-corrected chi connectivity index (χ1v) is 9.65. The van der Waals surface area contributed by atoms with Crippen LogP contribution in [0, 0.1) is 11.6 Å². The van der Waals surface area contributed by atoms with Gasteiger partial charge in [0.15, 0.2) is 0 Å². The molecule has 0 saturated heterocycles. The largest absolute Gasteiger partial charge is 0.348 e. The lowest BCUT2D eigenvalue weighted by molar-refractivity contribution is -0.116. The van der Waals surface area contributed by atoms with Gasteiger partial charge in [-0.2, -0.15) is 0 Å². The third-order valence-corrected chi connectivity index (χ3v) is 4.87. The number of aryl methyl sites for hydroxylation is 2. The maximum atomic E-state index is 13.7. The zero-order valence-corrected chi connectivity index (χ0v) is 16.6. The van der Waals surface area contributed by atoms with E-state index in [4.69, 9.17) is 4.52 Å². The number of nitrogens with one attached hydrogen (secondary N) is 1. The van der Waals surface area contributed by atoms with Gasteiger partial charge in [-0.25, -0.2) is 13.8 Å². The Morgan fingerprint density at radius 2 is 1.94 bits per heavy atom. The van der Waals surface area contributed by atoms with E-state index >= 15 is 0 Å². The minimum atomic E-state index is -0.880. The van der Waals surface area contributed by atoms with Gasteiger partial charge >= 0.3 is 0 Å². The fourth-order valence-corrected chi connectivity index (χ4v) is 3.13. The van der Waals surface area contributed by atoms with Crippen molar-refractivity contribution in [3.8, 4) is 11.3 Å². The highest BCUT2D eigenvalue weighted by molar-refractivity contribution is 5.91. The van der Waals surface area contributed by atoms with Crippen LogP contribution in [0.15, 0.2) is 58.1 Å². The van der Waals surface area contributed by atoms with Crippen LogP contribution < -0.4 is 10.9 Å². The Kier molecular flexibility index (Phi) is 5.57. The Morgan fingerprint density at radius 1 is 1.16 bits per heavy atom. The van der Waals surface area contributed by atoms with Crippen LogP contribution in [0.1, 0.15) is 18.9 Å². The number of rotatable bonds is 6. The molecule has 0 aliphatic heterocycles. The van der Waals surface area contributed by atoms with Crippen molar-refractivity contribution in [1.82, 2.24) is 14.7 Å². The molecular formula is C22H18F2N4O3. The third kappa shape index (κ3) is 4.20. The number of halogens is 2. The van der Waals surface area contributed by atoms with Crippen LogP contribution in [0.3, 0.4) is 0 Å². The van der Waals surface area contributed by atoms with Gasteiger partial charge in [0, 0.05) is 24.6 Å². The molecule has 0 unspecified atom stereocenters. The summed E-state index contributed by atoms with van der Waals surface area (Å²) in [6.07, 6.45) is 2.10. The molecule has 1 N–H and O–H groups in total. The van der Waals surface area contributed by atoms with Crippen LogP contribution in [0.4, 0.5) is 14.5 Å². The van der Waals surface area contributed by atoms with Gasteiger partial charge in [-0.15, -0.1) is 0 Å². The summed E-state index contributed by atoms with van der Waals surface area (Å²) in [6.45, 7) is 2.05. The lowest BCUT2D eigenvalue weighted by atomic mass is 10.1. The van der Waals surface area contributed by atoms with Crippen molar-refractivity contribution in [1.29, 1.82) is 0 Å². The summed E-state index contributed by atoms with van der Waals surface area (Å²) in [5.41, 5.74) is 2.12. The summed E-state index contributed by atoms with van der Waals surface area (Å²) in [4.78, 5) is 29.1. The van der Waals surface area contributed by atoms with E-state index in [1.54, 1.807) is 0 Å². The topological polar surface area (TPSA) is 90.0 Å². The van der Waals surface area contributed by atoms with Crippen molar-refractivity contribution in [2.45, 2.75) is 26.3 Å². The van der Waals surface area contributed by atoms with Gasteiger partial charge in [0.1, 0.15) is 22.8 Å². The fraction of sp³-hybridized carbons (Fsp3) is 0.182. The Bertz CT molecular complexity index is 1310. The summed E-state index contributed by atoms with van der Waals surface area (Å²) in [5, 5.41) is 6.34. The first-order chi connectivity index (χ1) is 15.0. The highest BCUT2D eigenvalue weighted by atomic mass is 19.1. The van der Waals surface area contributed by atoms with Crippen LogP contribution in [-0.4, -0.2) is 20.6 Å². The number of fused-ring (bicyclic) bond motifs is 1. The number of carbonyl (C=O) groups is 1. The van der Waals surface area contributed by atoms with Gasteiger partial charge < -0.3 is 9.84 Å². The molecular weight excluding hydrogens is 406 g/mol. The molecule has 158 valence electrons. The highest BCUT2D eigenvalue weighted by Gasteiger charge is 2.17. The number of anilines is 1. The molecule has 31 heavy (non-hydrogen) atoms. The van der Waals surface area contributed by atoms with Crippen LogP contribution in [0.5, 0.6) is 0 Å².